The van der Waals surface area contributed by atoms with Crippen molar-refractivity contribution < 1.29 is 0 Å². The van der Waals surface area contributed by atoms with Crippen LogP contribution in [0.25, 0.3) is 72.3 Å². The third-order valence-corrected chi connectivity index (χ3v) is 17.0. The van der Waals surface area contributed by atoms with E-state index >= 15 is 0 Å². The smallest absolute Gasteiger partial charge is 0.0725 e. The Morgan fingerprint density at radius 3 is 1.01 bits per heavy atom. The van der Waals surface area contributed by atoms with Gasteiger partial charge in [0.2, 0.25) is 0 Å². The first-order chi connectivity index (χ1) is 40.2. The highest BCUT2D eigenvalue weighted by atomic mass is 15.2. The summed E-state index contributed by atoms with van der Waals surface area (Å²) in [5.41, 5.74) is 28.7. The number of hydrogen-bond acceptors (Lipinski definition) is 2. The van der Waals surface area contributed by atoms with Crippen LogP contribution in [0.4, 0.5) is 28.4 Å². The molecule has 1 spiro atoms. The fourth-order valence-corrected chi connectivity index (χ4v) is 13.2. The van der Waals surface area contributed by atoms with E-state index in [0.717, 1.165) is 52.4 Å². The van der Waals surface area contributed by atoms with Gasteiger partial charge in [0, 0.05) is 34.1 Å². The van der Waals surface area contributed by atoms with E-state index in [4.69, 9.17) is 0 Å². The first-order valence-corrected chi connectivity index (χ1v) is 28.3. The lowest BCUT2D eigenvalue weighted by Gasteiger charge is -2.33. The second-order valence-electron chi connectivity index (χ2n) is 21.5. The largest absolute Gasteiger partial charge is 0.314 e. The Labute approximate surface area is 475 Å². The van der Waals surface area contributed by atoms with Crippen LogP contribution in [-0.2, 0) is 5.41 Å². The Kier molecular flexibility index (Phi) is 11.9. The van der Waals surface area contributed by atoms with Gasteiger partial charge in [-0.15, -0.1) is 0 Å². The summed E-state index contributed by atoms with van der Waals surface area (Å²) in [5, 5.41) is 0. The molecule has 382 valence electrons. The Bertz CT molecular complexity index is 4200. The Hall–Kier alpha value is -10.3. The maximum absolute atomic E-state index is 2.53. The Balaban J connectivity index is 0.968. The molecule has 0 saturated heterocycles. The molecule has 0 heterocycles. The zero-order chi connectivity index (χ0) is 53.7. The molecule has 81 heavy (non-hydrogen) atoms. The minimum Gasteiger partial charge on any atom is -0.314 e. The van der Waals surface area contributed by atoms with Crippen molar-refractivity contribution in [3.63, 3.8) is 0 Å². The monoisotopic (exact) mass is 1030 g/mol. The van der Waals surface area contributed by atoms with Crippen LogP contribution in [0.2, 0.25) is 0 Å². The molecular formula is C79H56N2. The van der Waals surface area contributed by atoms with Gasteiger partial charge in [0.15, 0.2) is 0 Å². The highest BCUT2D eigenvalue weighted by Gasteiger charge is 2.51. The SMILES string of the molecule is C1=C(c2ccccc2)CCC(N(c2ccc(-c3ccccc3)cc2)c2cc(-c3ccc4c(c3)C3(c5ccccc5-c5ccccc53)c3ccccc3-4)cc(N(c3ccc(-c4ccccc4)cc3)c3ccc(-c4ccccc4)cc3)c2)=C1. The van der Waals surface area contributed by atoms with Crippen molar-refractivity contribution in [2.75, 3.05) is 9.80 Å². The minimum atomic E-state index is -0.481. The van der Waals surface area contributed by atoms with Gasteiger partial charge >= 0.3 is 0 Å². The van der Waals surface area contributed by atoms with Crippen molar-refractivity contribution in [2.24, 2.45) is 0 Å². The summed E-state index contributed by atoms with van der Waals surface area (Å²) in [6, 6.07) is 112. The highest BCUT2D eigenvalue weighted by molar-refractivity contribution is 5.97. The molecule has 0 radical (unpaired) electrons. The summed E-state index contributed by atoms with van der Waals surface area (Å²) in [6.07, 6.45) is 6.49. The molecule has 0 saturated carbocycles. The normalized spacial score (nSPS) is 13.3. The standard InChI is InChI=1S/C79H56N2/c1-5-19-55(20-6-1)59-33-42-65(43-34-59)80(66-44-35-60(36-45-66)56-21-7-2-8-22-56)69-51-64(63-41-50-74-73-29-15-18-32-77(73)79(78(74)53-63)75-30-16-13-27-71(75)72-28-14-17-31-76(72)79)52-70(54-69)81(67-46-37-61(38-47-67)57-23-9-3-10-24-57)68-48-39-62(40-49-68)58-25-11-4-12-26-58/h1-39,41-48,50-54H,40,49H2. The molecule has 0 fully saturated rings. The Morgan fingerprint density at radius 1 is 0.222 bits per heavy atom. The number of rotatable bonds is 11. The lowest BCUT2D eigenvalue weighted by atomic mass is 9.70. The highest BCUT2D eigenvalue weighted by Crippen LogP contribution is 2.63. The average Bonchev–Trinajstić information content (AvgIpc) is 1.88. The maximum atomic E-state index is 2.53. The van der Waals surface area contributed by atoms with Gasteiger partial charge < -0.3 is 9.80 Å². The van der Waals surface area contributed by atoms with Gasteiger partial charge in [-0.2, -0.15) is 0 Å². The second-order valence-corrected chi connectivity index (χ2v) is 21.5. The van der Waals surface area contributed by atoms with Crippen molar-refractivity contribution >= 4 is 34.0 Å². The molecule has 0 atom stereocenters. The van der Waals surface area contributed by atoms with Gasteiger partial charge in [-0.25, -0.2) is 0 Å². The lowest BCUT2D eigenvalue weighted by Crippen LogP contribution is -2.25. The van der Waals surface area contributed by atoms with E-state index in [0.29, 0.717) is 0 Å². The van der Waals surface area contributed by atoms with E-state index in [2.05, 4.69) is 325 Å². The Morgan fingerprint density at radius 2 is 0.580 bits per heavy atom. The number of anilines is 5. The fraction of sp³-hybridized carbons (Fsp3) is 0.0380. The predicted molar refractivity (Wildman–Crippen MR) is 339 cm³/mol. The van der Waals surface area contributed by atoms with E-state index in [9.17, 15) is 0 Å². The van der Waals surface area contributed by atoms with Crippen LogP contribution >= 0.6 is 0 Å². The van der Waals surface area contributed by atoms with E-state index in [1.807, 2.05) is 0 Å². The van der Waals surface area contributed by atoms with Crippen LogP contribution in [0.1, 0.15) is 40.7 Å². The summed E-state index contributed by atoms with van der Waals surface area (Å²) in [6.45, 7) is 0. The number of fused-ring (bicyclic) bond motifs is 10. The molecule has 2 heteroatoms. The summed E-state index contributed by atoms with van der Waals surface area (Å²) >= 11 is 0. The summed E-state index contributed by atoms with van der Waals surface area (Å²) < 4.78 is 0. The zero-order valence-corrected chi connectivity index (χ0v) is 44.8. The van der Waals surface area contributed by atoms with Crippen LogP contribution in [0.3, 0.4) is 0 Å². The van der Waals surface area contributed by atoms with Gasteiger partial charge in [-0.05, 0) is 180 Å². The zero-order valence-electron chi connectivity index (χ0n) is 44.8. The summed E-state index contributed by atoms with van der Waals surface area (Å²) in [4.78, 5) is 4.97. The number of benzene rings is 12. The quantitative estimate of drug-likeness (QED) is 0.127. The van der Waals surface area contributed by atoms with E-state index in [1.165, 1.54) is 94.7 Å². The van der Waals surface area contributed by atoms with E-state index in [-0.39, 0.29) is 0 Å². The lowest BCUT2D eigenvalue weighted by molar-refractivity contribution is 0.794. The van der Waals surface area contributed by atoms with Crippen LogP contribution in [0.5, 0.6) is 0 Å². The molecule has 12 aromatic carbocycles. The summed E-state index contributed by atoms with van der Waals surface area (Å²) in [7, 11) is 0. The molecule has 15 rings (SSSR count). The fourth-order valence-electron chi connectivity index (χ4n) is 13.2. The molecule has 0 unspecified atom stereocenters. The molecule has 3 aliphatic rings. The molecule has 0 aliphatic heterocycles. The van der Waals surface area contributed by atoms with Gasteiger partial charge in [0.1, 0.15) is 0 Å². The van der Waals surface area contributed by atoms with Crippen molar-refractivity contribution in [3.8, 4) is 66.8 Å². The first-order valence-electron chi connectivity index (χ1n) is 28.3. The van der Waals surface area contributed by atoms with Gasteiger partial charge in [0.25, 0.3) is 0 Å². The topological polar surface area (TPSA) is 6.48 Å². The summed E-state index contributed by atoms with van der Waals surface area (Å²) in [5.74, 6) is 0. The average molecular weight is 1030 g/mol. The van der Waals surface area contributed by atoms with Gasteiger partial charge in [0.05, 0.1) is 5.41 Å². The third-order valence-electron chi connectivity index (χ3n) is 17.0. The molecule has 0 bridgehead atoms. The van der Waals surface area contributed by atoms with Gasteiger partial charge in [-0.1, -0.05) is 249 Å². The van der Waals surface area contributed by atoms with E-state index < -0.39 is 5.41 Å². The predicted octanol–water partition coefficient (Wildman–Crippen LogP) is 21.1. The van der Waals surface area contributed by atoms with Crippen LogP contribution in [0, 0.1) is 0 Å². The van der Waals surface area contributed by atoms with E-state index in [1.54, 1.807) is 0 Å². The van der Waals surface area contributed by atoms with Gasteiger partial charge in [-0.3, -0.25) is 0 Å². The minimum absolute atomic E-state index is 0.481. The van der Waals surface area contributed by atoms with Crippen molar-refractivity contribution in [2.45, 2.75) is 18.3 Å². The molecular weight excluding hydrogens is 977 g/mol. The molecule has 0 amide bonds. The van der Waals surface area contributed by atoms with Crippen molar-refractivity contribution in [3.05, 3.63) is 349 Å². The molecule has 2 nitrogen and oxygen atoms in total. The molecule has 0 aromatic heterocycles. The van der Waals surface area contributed by atoms with Crippen molar-refractivity contribution in [1.82, 2.24) is 0 Å². The third kappa shape index (κ3) is 8.35. The van der Waals surface area contributed by atoms with Crippen LogP contribution in [-0.4, -0.2) is 0 Å². The molecule has 3 aliphatic carbocycles. The van der Waals surface area contributed by atoms with Crippen molar-refractivity contribution in [1.29, 1.82) is 0 Å². The number of nitrogens with zero attached hydrogens (tertiary/aromatic N) is 2. The maximum Gasteiger partial charge on any atom is 0.0725 e. The molecule has 0 N–H and O–H groups in total. The molecule has 12 aromatic rings. The van der Waals surface area contributed by atoms with Crippen LogP contribution < -0.4 is 9.80 Å². The number of hydrogen-bond donors (Lipinski definition) is 0. The van der Waals surface area contributed by atoms with Crippen LogP contribution in [0.15, 0.2) is 321 Å². The number of allylic oxidation sites excluding steroid dienone is 4. The first kappa shape index (κ1) is 47.9. The second kappa shape index (κ2) is 20.2.